The Labute approximate surface area is 128 Å². The molecule has 2 aromatic rings. The average molecular weight is 307 g/mol. The van der Waals surface area contributed by atoms with Gasteiger partial charge in [-0.2, -0.15) is 0 Å². The molecule has 0 bridgehead atoms. The molecule has 5 heteroatoms. The molecule has 0 heterocycles. The fourth-order valence-electron chi connectivity index (χ4n) is 2.14. The number of amidine groups is 1. The Bertz CT molecular complexity index is 678. The molecule has 0 aromatic heterocycles. The van der Waals surface area contributed by atoms with Gasteiger partial charge < -0.3 is 10.5 Å². The smallest absolute Gasteiger partial charge is 0.129 e. The predicted molar refractivity (Wildman–Crippen MR) is 82.7 cm³/mol. The van der Waals surface area contributed by atoms with Crippen molar-refractivity contribution in [1.82, 2.24) is 0 Å². The van der Waals surface area contributed by atoms with Crippen LogP contribution in [0.25, 0.3) is 0 Å². The number of halogens is 2. The van der Waals surface area contributed by atoms with Crippen molar-refractivity contribution >= 4 is 17.4 Å². The Hall–Kier alpha value is -2.07. The minimum Gasteiger partial charge on any atom is -0.488 e. The van der Waals surface area contributed by atoms with Crippen molar-refractivity contribution in [3.8, 4) is 5.75 Å². The summed E-state index contributed by atoms with van der Waals surface area (Å²) in [6, 6.07) is 7.92. The molecule has 0 radical (unpaired) electrons. The van der Waals surface area contributed by atoms with Gasteiger partial charge in [-0.1, -0.05) is 11.6 Å². The number of nitrogens with one attached hydrogen (secondary N) is 1. The average Bonchev–Trinajstić information content (AvgIpc) is 2.41. The topological polar surface area (TPSA) is 59.1 Å². The van der Waals surface area contributed by atoms with Gasteiger partial charge >= 0.3 is 0 Å². The number of benzene rings is 2. The first kappa shape index (κ1) is 15.3. The monoisotopic (exact) mass is 306 g/mol. The second kappa shape index (κ2) is 6.14. The van der Waals surface area contributed by atoms with Gasteiger partial charge in [0, 0.05) is 16.1 Å². The quantitative estimate of drug-likeness (QED) is 0.663. The highest BCUT2D eigenvalue weighted by Gasteiger charge is 2.10. The third-order valence-electron chi connectivity index (χ3n) is 3.15. The van der Waals surface area contributed by atoms with E-state index in [1.165, 1.54) is 12.1 Å². The summed E-state index contributed by atoms with van der Waals surface area (Å²) < 4.78 is 19.4. The Morgan fingerprint density at radius 3 is 2.43 bits per heavy atom. The second-order valence-corrected chi connectivity index (χ2v) is 5.31. The maximum atomic E-state index is 13.7. The first-order valence-corrected chi connectivity index (χ1v) is 6.78. The molecule has 21 heavy (non-hydrogen) atoms. The van der Waals surface area contributed by atoms with Gasteiger partial charge in [0.2, 0.25) is 0 Å². The summed E-state index contributed by atoms with van der Waals surface area (Å²) in [6.45, 7) is 3.82. The standard InChI is InChI=1S/C16H16ClFN2O/c1-9-5-11(16(19)20)6-10(2)15(9)21-8-12-7-13(17)3-4-14(12)18/h3-7H,8H2,1-2H3,(H3,19,20). The largest absolute Gasteiger partial charge is 0.488 e. The van der Waals surface area contributed by atoms with Crippen LogP contribution >= 0.6 is 11.6 Å². The molecule has 3 N–H and O–H groups in total. The zero-order valence-corrected chi connectivity index (χ0v) is 12.6. The van der Waals surface area contributed by atoms with Gasteiger partial charge in [0.15, 0.2) is 0 Å². The van der Waals surface area contributed by atoms with Gasteiger partial charge in [-0.05, 0) is 55.3 Å². The molecule has 0 spiro atoms. The molecule has 0 atom stereocenters. The number of nitrogen functional groups attached to an aromatic ring is 1. The van der Waals surface area contributed by atoms with E-state index in [1.807, 2.05) is 13.8 Å². The van der Waals surface area contributed by atoms with Crippen molar-refractivity contribution in [3.05, 3.63) is 63.4 Å². The fraction of sp³-hybridized carbons (Fsp3) is 0.188. The first-order chi connectivity index (χ1) is 9.88. The summed E-state index contributed by atoms with van der Waals surface area (Å²) in [4.78, 5) is 0. The van der Waals surface area contributed by atoms with Crippen molar-refractivity contribution in [2.75, 3.05) is 0 Å². The maximum Gasteiger partial charge on any atom is 0.129 e. The highest BCUT2D eigenvalue weighted by atomic mass is 35.5. The molecule has 2 rings (SSSR count). The molecule has 0 aliphatic carbocycles. The molecule has 2 aromatic carbocycles. The second-order valence-electron chi connectivity index (χ2n) is 4.88. The number of nitrogens with two attached hydrogens (primary N) is 1. The van der Waals surface area contributed by atoms with Crippen LogP contribution in [0.2, 0.25) is 5.02 Å². The lowest BCUT2D eigenvalue weighted by molar-refractivity contribution is 0.296. The number of ether oxygens (including phenoxy) is 1. The van der Waals surface area contributed by atoms with Crippen molar-refractivity contribution in [1.29, 1.82) is 5.41 Å². The molecule has 0 saturated carbocycles. The Kier molecular flexibility index (Phi) is 4.48. The van der Waals surface area contributed by atoms with Gasteiger partial charge in [-0.3, -0.25) is 5.41 Å². The maximum absolute atomic E-state index is 13.7. The highest BCUT2D eigenvalue weighted by Crippen LogP contribution is 2.26. The van der Waals surface area contributed by atoms with Crippen LogP contribution in [0.4, 0.5) is 4.39 Å². The zero-order chi connectivity index (χ0) is 15.6. The van der Waals surface area contributed by atoms with E-state index in [1.54, 1.807) is 18.2 Å². The van der Waals surface area contributed by atoms with E-state index in [-0.39, 0.29) is 18.3 Å². The molecule has 110 valence electrons. The molecule has 0 saturated heterocycles. The van der Waals surface area contributed by atoms with Crippen molar-refractivity contribution < 1.29 is 9.13 Å². The van der Waals surface area contributed by atoms with Crippen molar-refractivity contribution in [2.45, 2.75) is 20.5 Å². The number of hydrogen-bond acceptors (Lipinski definition) is 2. The van der Waals surface area contributed by atoms with Crippen LogP contribution in [0.5, 0.6) is 5.75 Å². The Balaban J connectivity index is 2.24. The van der Waals surface area contributed by atoms with E-state index in [9.17, 15) is 4.39 Å². The fourth-order valence-corrected chi connectivity index (χ4v) is 2.33. The summed E-state index contributed by atoms with van der Waals surface area (Å²) in [7, 11) is 0. The van der Waals surface area contributed by atoms with Crippen LogP contribution in [0.15, 0.2) is 30.3 Å². The van der Waals surface area contributed by atoms with Gasteiger partial charge in [0.25, 0.3) is 0 Å². The van der Waals surface area contributed by atoms with Gasteiger partial charge in [0.1, 0.15) is 24.0 Å². The van der Waals surface area contributed by atoms with E-state index in [4.69, 9.17) is 27.5 Å². The summed E-state index contributed by atoms with van der Waals surface area (Å²) >= 11 is 5.86. The van der Waals surface area contributed by atoms with Crippen LogP contribution in [-0.4, -0.2) is 5.84 Å². The minimum atomic E-state index is -0.352. The van der Waals surface area contributed by atoms with Crippen molar-refractivity contribution in [3.63, 3.8) is 0 Å². The minimum absolute atomic E-state index is 0.00800. The molecule has 0 aliphatic rings. The molecular formula is C16H16ClFN2O. The first-order valence-electron chi connectivity index (χ1n) is 6.41. The Morgan fingerprint density at radius 2 is 1.86 bits per heavy atom. The van der Waals surface area contributed by atoms with Gasteiger partial charge in [-0.25, -0.2) is 4.39 Å². The normalized spacial score (nSPS) is 10.5. The number of aryl methyl sites for hydroxylation is 2. The predicted octanol–water partition coefficient (Wildman–Crippen LogP) is 3.96. The number of rotatable bonds is 4. The van der Waals surface area contributed by atoms with Crippen molar-refractivity contribution in [2.24, 2.45) is 5.73 Å². The van der Waals surface area contributed by atoms with Crippen LogP contribution in [-0.2, 0) is 6.61 Å². The summed E-state index contributed by atoms with van der Waals surface area (Å²) in [5, 5.41) is 7.93. The van der Waals surface area contributed by atoms with E-state index >= 15 is 0 Å². The summed E-state index contributed by atoms with van der Waals surface area (Å²) in [5.74, 6) is 0.322. The van der Waals surface area contributed by atoms with Gasteiger partial charge in [-0.15, -0.1) is 0 Å². The third-order valence-corrected chi connectivity index (χ3v) is 3.39. The van der Waals surface area contributed by atoms with E-state index in [0.717, 1.165) is 11.1 Å². The molecule has 3 nitrogen and oxygen atoms in total. The summed E-state index contributed by atoms with van der Waals surface area (Å²) in [6.07, 6.45) is 0. The molecule has 0 fully saturated rings. The van der Waals surface area contributed by atoms with E-state index in [0.29, 0.717) is 21.9 Å². The Morgan fingerprint density at radius 1 is 1.24 bits per heavy atom. The zero-order valence-electron chi connectivity index (χ0n) is 11.8. The van der Waals surface area contributed by atoms with Gasteiger partial charge in [0.05, 0.1) is 0 Å². The van der Waals surface area contributed by atoms with Crippen LogP contribution in [0, 0.1) is 25.1 Å². The molecule has 0 aliphatic heterocycles. The third kappa shape index (κ3) is 3.52. The molecule has 0 amide bonds. The lowest BCUT2D eigenvalue weighted by Gasteiger charge is -2.14. The van der Waals surface area contributed by atoms with E-state index < -0.39 is 0 Å². The molecular weight excluding hydrogens is 291 g/mol. The lowest BCUT2D eigenvalue weighted by atomic mass is 10.1. The van der Waals surface area contributed by atoms with Crippen LogP contribution < -0.4 is 10.5 Å². The highest BCUT2D eigenvalue weighted by molar-refractivity contribution is 6.30. The lowest BCUT2D eigenvalue weighted by Crippen LogP contribution is -2.12. The SMILES string of the molecule is Cc1cc(C(=N)N)cc(C)c1OCc1cc(Cl)ccc1F. The molecule has 0 unspecified atom stereocenters. The van der Waals surface area contributed by atoms with Crippen LogP contribution in [0.3, 0.4) is 0 Å². The summed E-state index contributed by atoms with van der Waals surface area (Å²) in [5.41, 5.74) is 8.23. The number of hydrogen-bond donors (Lipinski definition) is 2. The van der Waals surface area contributed by atoms with Crippen LogP contribution in [0.1, 0.15) is 22.3 Å². The van der Waals surface area contributed by atoms with E-state index in [2.05, 4.69) is 0 Å².